The Morgan fingerprint density at radius 2 is 2.16 bits per heavy atom. The highest BCUT2D eigenvalue weighted by atomic mass is 16.5. The van der Waals surface area contributed by atoms with Crippen molar-refractivity contribution < 1.29 is 18.5 Å². The number of nitrogens with zero attached hydrogens (tertiary/aromatic N) is 2. The van der Waals surface area contributed by atoms with Gasteiger partial charge in [-0.3, -0.25) is 0 Å². The second-order valence-corrected chi connectivity index (χ2v) is 6.53. The first-order valence-electron chi connectivity index (χ1n) is 8.60. The second-order valence-electron chi connectivity index (χ2n) is 6.53. The molecule has 0 saturated carbocycles. The van der Waals surface area contributed by atoms with Crippen molar-refractivity contribution in [1.82, 2.24) is 20.8 Å². The van der Waals surface area contributed by atoms with Gasteiger partial charge in [-0.2, -0.15) is 4.98 Å². The topological polar surface area (TPSA) is 102 Å². The Morgan fingerprint density at radius 1 is 1.36 bits per heavy atom. The first-order chi connectivity index (χ1) is 12.1. The third kappa shape index (κ3) is 4.60. The van der Waals surface area contributed by atoms with E-state index in [2.05, 4.69) is 20.8 Å². The molecule has 3 heterocycles. The van der Waals surface area contributed by atoms with Gasteiger partial charge in [-0.25, -0.2) is 4.79 Å². The summed E-state index contributed by atoms with van der Waals surface area (Å²) in [5.41, 5.74) is 0.901. The molecule has 1 fully saturated rings. The number of furan rings is 1. The highest BCUT2D eigenvalue weighted by Crippen LogP contribution is 2.29. The van der Waals surface area contributed by atoms with Gasteiger partial charge >= 0.3 is 6.03 Å². The average molecular weight is 348 g/mol. The summed E-state index contributed by atoms with van der Waals surface area (Å²) in [6, 6.07) is 1.21. The molecule has 1 atom stereocenters. The number of hydrogen-bond donors (Lipinski definition) is 2. The fourth-order valence-electron chi connectivity index (χ4n) is 2.81. The zero-order chi connectivity index (χ0) is 17.6. The van der Waals surface area contributed by atoms with Crippen LogP contribution in [0.2, 0.25) is 0 Å². The molecule has 2 aromatic heterocycles. The van der Waals surface area contributed by atoms with Gasteiger partial charge in [-0.15, -0.1) is 0 Å². The molecule has 2 N–H and O–H groups in total. The van der Waals surface area contributed by atoms with Crippen LogP contribution in [0.15, 0.2) is 27.5 Å². The van der Waals surface area contributed by atoms with E-state index in [0.29, 0.717) is 31.5 Å². The minimum absolute atomic E-state index is 0.169. The molecule has 25 heavy (non-hydrogen) atoms. The van der Waals surface area contributed by atoms with Gasteiger partial charge in [0.15, 0.2) is 5.82 Å². The van der Waals surface area contributed by atoms with Crippen LogP contribution in [-0.2, 0) is 11.3 Å². The molecular weight excluding hydrogens is 324 g/mol. The van der Waals surface area contributed by atoms with Crippen LogP contribution in [-0.4, -0.2) is 29.4 Å². The average Bonchev–Trinajstić information content (AvgIpc) is 3.30. The molecule has 0 aliphatic carbocycles. The molecule has 0 radical (unpaired) electrons. The van der Waals surface area contributed by atoms with Gasteiger partial charge in [-0.05, 0) is 24.8 Å². The lowest BCUT2D eigenvalue weighted by atomic mass is 9.91. The SMILES string of the molecule is CC(C)c1noc([C@@H](NC(=O)NCc2ccoc2)C2CCOCC2)n1. The number of nitrogens with one attached hydrogen (secondary N) is 2. The Labute approximate surface area is 146 Å². The minimum atomic E-state index is -0.326. The Balaban J connectivity index is 1.67. The van der Waals surface area contributed by atoms with Gasteiger partial charge in [0.2, 0.25) is 5.89 Å². The predicted octanol–water partition coefficient (Wildman–Crippen LogP) is 2.75. The fraction of sp³-hybridized carbons (Fsp3) is 0.588. The Hall–Kier alpha value is -2.35. The maximum atomic E-state index is 12.3. The summed E-state index contributed by atoms with van der Waals surface area (Å²) in [6.45, 7) is 5.74. The zero-order valence-electron chi connectivity index (χ0n) is 14.5. The van der Waals surface area contributed by atoms with Crippen molar-refractivity contribution in [3.63, 3.8) is 0 Å². The quantitative estimate of drug-likeness (QED) is 0.832. The van der Waals surface area contributed by atoms with Gasteiger partial charge in [0.1, 0.15) is 6.04 Å². The molecule has 1 saturated heterocycles. The molecule has 0 unspecified atom stereocenters. The van der Waals surface area contributed by atoms with E-state index in [1.54, 1.807) is 12.5 Å². The van der Waals surface area contributed by atoms with Crippen LogP contribution in [0.1, 0.15) is 55.9 Å². The number of carbonyl (C=O) groups is 1. The van der Waals surface area contributed by atoms with Crippen molar-refractivity contribution in [3.8, 4) is 0 Å². The molecule has 2 amide bonds. The number of ether oxygens (including phenoxy) is 1. The highest BCUT2D eigenvalue weighted by molar-refractivity contribution is 5.74. The van der Waals surface area contributed by atoms with Crippen LogP contribution in [0.4, 0.5) is 4.79 Å². The number of urea groups is 1. The zero-order valence-corrected chi connectivity index (χ0v) is 14.5. The normalized spacial score (nSPS) is 16.8. The Morgan fingerprint density at radius 3 is 2.80 bits per heavy atom. The molecule has 0 aromatic carbocycles. The Bertz CT molecular complexity index is 662. The van der Waals surface area contributed by atoms with Gasteiger partial charge in [-0.1, -0.05) is 19.0 Å². The van der Waals surface area contributed by atoms with E-state index in [1.807, 2.05) is 19.9 Å². The summed E-state index contributed by atoms with van der Waals surface area (Å²) in [7, 11) is 0. The van der Waals surface area contributed by atoms with Crippen molar-refractivity contribution >= 4 is 6.03 Å². The van der Waals surface area contributed by atoms with E-state index in [9.17, 15) is 4.79 Å². The monoisotopic (exact) mass is 348 g/mol. The molecule has 1 aliphatic heterocycles. The van der Waals surface area contributed by atoms with Gasteiger partial charge < -0.3 is 24.3 Å². The summed E-state index contributed by atoms with van der Waals surface area (Å²) in [5.74, 6) is 1.47. The summed E-state index contributed by atoms with van der Waals surface area (Å²) in [4.78, 5) is 16.8. The van der Waals surface area contributed by atoms with E-state index < -0.39 is 0 Å². The van der Waals surface area contributed by atoms with E-state index in [4.69, 9.17) is 13.7 Å². The maximum absolute atomic E-state index is 12.3. The molecule has 0 bridgehead atoms. The first kappa shape index (κ1) is 17.5. The van der Waals surface area contributed by atoms with Crippen molar-refractivity contribution in [2.45, 2.75) is 45.2 Å². The maximum Gasteiger partial charge on any atom is 0.315 e. The van der Waals surface area contributed by atoms with E-state index in [-0.39, 0.29) is 23.9 Å². The summed E-state index contributed by atoms with van der Waals surface area (Å²) in [6.07, 6.45) is 4.85. The van der Waals surface area contributed by atoms with E-state index in [0.717, 1.165) is 18.4 Å². The molecule has 2 aromatic rings. The molecule has 136 valence electrons. The third-order valence-corrected chi connectivity index (χ3v) is 4.30. The third-order valence-electron chi connectivity index (χ3n) is 4.30. The minimum Gasteiger partial charge on any atom is -0.472 e. The smallest absolute Gasteiger partial charge is 0.315 e. The number of hydrogen-bond acceptors (Lipinski definition) is 6. The predicted molar refractivity (Wildman–Crippen MR) is 88.8 cm³/mol. The van der Waals surface area contributed by atoms with Crippen LogP contribution in [0, 0.1) is 5.92 Å². The van der Waals surface area contributed by atoms with E-state index >= 15 is 0 Å². The molecule has 1 aliphatic rings. The second kappa shape index (κ2) is 8.15. The molecule has 3 rings (SSSR count). The summed E-state index contributed by atoms with van der Waals surface area (Å²) in [5, 5.41) is 9.83. The molecular formula is C17H24N4O4. The van der Waals surface area contributed by atoms with Gasteiger partial charge in [0.05, 0.1) is 12.5 Å². The Kier molecular flexibility index (Phi) is 5.70. The fourth-order valence-corrected chi connectivity index (χ4v) is 2.81. The summed E-state index contributed by atoms with van der Waals surface area (Å²) >= 11 is 0. The molecule has 8 heteroatoms. The number of carbonyl (C=O) groups excluding carboxylic acids is 1. The lowest BCUT2D eigenvalue weighted by Crippen LogP contribution is -2.41. The first-order valence-corrected chi connectivity index (χ1v) is 8.60. The molecule has 8 nitrogen and oxygen atoms in total. The van der Waals surface area contributed by atoms with Crippen LogP contribution in [0.3, 0.4) is 0 Å². The number of amides is 2. The highest BCUT2D eigenvalue weighted by Gasteiger charge is 2.31. The van der Waals surface area contributed by atoms with E-state index in [1.165, 1.54) is 0 Å². The van der Waals surface area contributed by atoms with Crippen molar-refractivity contribution in [1.29, 1.82) is 0 Å². The van der Waals surface area contributed by atoms with Crippen molar-refractivity contribution in [2.75, 3.05) is 13.2 Å². The molecule has 0 spiro atoms. The van der Waals surface area contributed by atoms with Crippen LogP contribution < -0.4 is 10.6 Å². The standard InChI is InChI=1S/C17H24N4O4/c1-11(2)15-20-16(25-21-15)14(13-4-7-23-8-5-13)19-17(22)18-9-12-3-6-24-10-12/h3,6,10-11,13-14H,4-5,7-9H2,1-2H3,(H2,18,19,22)/t14-/m0/s1. The number of aromatic nitrogens is 2. The van der Waals surface area contributed by atoms with Crippen LogP contribution >= 0.6 is 0 Å². The van der Waals surface area contributed by atoms with Crippen LogP contribution in [0.5, 0.6) is 0 Å². The van der Waals surface area contributed by atoms with Crippen molar-refractivity contribution in [2.24, 2.45) is 5.92 Å². The van der Waals surface area contributed by atoms with Gasteiger partial charge in [0, 0.05) is 31.2 Å². The number of rotatable bonds is 6. The van der Waals surface area contributed by atoms with Gasteiger partial charge in [0.25, 0.3) is 0 Å². The largest absolute Gasteiger partial charge is 0.472 e. The van der Waals surface area contributed by atoms with Crippen LogP contribution in [0.25, 0.3) is 0 Å². The lowest BCUT2D eigenvalue weighted by molar-refractivity contribution is 0.0503. The summed E-state index contributed by atoms with van der Waals surface area (Å²) < 4.78 is 15.9. The lowest BCUT2D eigenvalue weighted by Gasteiger charge is -2.28. The van der Waals surface area contributed by atoms with Crippen molar-refractivity contribution in [3.05, 3.63) is 35.9 Å².